The smallest absolute Gasteiger partial charge is 0.150 e. The molecule has 17 heavy (non-hydrogen) atoms. The van der Waals surface area contributed by atoms with E-state index in [9.17, 15) is 4.79 Å². The lowest BCUT2D eigenvalue weighted by Crippen LogP contribution is -1.91. The van der Waals surface area contributed by atoms with Crippen LogP contribution in [-0.4, -0.2) is 13.4 Å². The lowest BCUT2D eigenvalue weighted by molar-refractivity contribution is 0.112. The third-order valence-electron chi connectivity index (χ3n) is 2.88. The van der Waals surface area contributed by atoms with Gasteiger partial charge in [-0.2, -0.15) is 0 Å². The van der Waals surface area contributed by atoms with Crippen molar-refractivity contribution >= 4 is 6.29 Å². The second kappa shape index (κ2) is 4.83. The summed E-state index contributed by atoms with van der Waals surface area (Å²) in [5, 5.41) is 0. The van der Waals surface area contributed by atoms with Crippen molar-refractivity contribution in [2.24, 2.45) is 0 Å². The molecule has 0 aromatic heterocycles. The van der Waals surface area contributed by atoms with Crippen molar-refractivity contribution in [2.75, 3.05) is 7.11 Å². The summed E-state index contributed by atoms with van der Waals surface area (Å²) in [5.74, 6) is 0.818. The minimum absolute atomic E-state index is 0.727. The lowest BCUT2D eigenvalue weighted by atomic mass is 9.97. The second-order valence-electron chi connectivity index (χ2n) is 3.87. The Labute approximate surface area is 101 Å². The van der Waals surface area contributed by atoms with Gasteiger partial charge in [0.05, 0.1) is 7.11 Å². The molecule has 0 bridgehead atoms. The van der Waals surface area contributed by atoms with Crippen LogP contribution in [0.4, 0.5) is 0 Å². The SMILES string of the molecule is COc1cccc(-c2cccc(C=O)c2C)c1. The average Bonchev–Trinajstić information content (AvgIpc) is 2.39. The van der Waals surface area contributed by atoms with Crippen LogP contribution in [0.15, 0.2) is 42.5 Å². The largest absolute Gasteiger partial charge is 0.497 e. The fourth-order valence-corrected chi connectivity index (χ4v) is 1.88. The van der Waals surface area contributed by atoms with Gasteiger partial charge >= 0.3 is 0 Å². The maximum Gasteiger partial charge on any atom is 0.150 e. The molecule has 0 amide bonds. The lowest BCUT2D eigenvalue weighted by Gasteiger charge is -2.09. The van der Waals surface area contributed by atoms with Crippen LogP contribution in [0.3, 0.4) is 0 Å². The molecule has 2 rings (SSSR count). The van der Waals surface area contributed by atoms with Crippen molar-refractivity contribution in [3.8, 4) is 16.9 Å². The van der Waals surface area contributed by atoms with Crippen molar-refractivity contribution in [1.82, 2.24) is 0 Å². The Morgan fingerprint density at radius 2 is 1.88 bits per heavy atom. The predicted molar refractivity (Wildman–Crippen MR) is 68.6 cm³/mol. The zero-order chi connectivity index (χ0) is 12.3. The molecule has 0 unspecified atom stereocenters. The molecule has 0 atom stereocenters. The normalized spacial score (nSPS) is 10.0. The fraction of sp³-hybridized carbons (Fsp3) is 0.133. The van der Waals surface area contributed by atoms with Crippen molar-refractivity contribution in [2.45, 2.75) is 6.92 Å². The molecule has 2 heteroatoms. The standard InChI is InChI=1S/C15H14O2/c1-11-13(10-16)6-4-8-15(11)12-5-3-7-14(9-12)17-2/h3-10H,1-2H3. The molecule has 0 saturated carbocycles. The van der Waals surface area contributed by atoms with Crippen LogP contribution in [0, 0.1) is 6.92 Å². The summed E-state index contributed by atoms with van der Waals surface area (Å²) in [4.78, 5) is 10.9. The topological polar surface area (TPSA) is 26.3 Å². The molecule has 0 aliphatic carbocycles. The third-order valence-corrected chi connectivity index (χ3v) is 2.88. The van der Waals surface area contributed by atoms with E-state index in [0.717, 1.165) is 34.3 Å². The highest BCUT2D eigenvalue weighted by Crippen LogP contribution is 2.27. The summed E-state index contributed by atoms with van der Waals surface area (Å²) in [6.07, 6.45) is 0.888. The molecule has 0 heterocycles. The van der Waals surface area contributed by atoms with Gasteiger partial charge in [0.15, 0.2) is 0 Å². The Hall–Kier alpha value is -2.09. The molecular weight excluding hydrogens is 212 g/mol. The number of hydrogen-bond acceptors (Lipinski definition) is 2. The van der Waals surface area contributed by atoms with Gasteiger partial charge in [0.25, 0.3) is 0 Å². The summed E-state index contributed by atoms with van der Waals surface area (Å²) < 4.78 is 5.20. The molecule has 0 radical (unpaired) electrons. The van der Waals surface area contributed by atoms with E-state index in [1.54, 1.807) is 7.11 Å². The summed E-state index contributed by atoms with van der Waals surface area (Å²) in [6, 6.07) is 13.6. The van der Waals surface area contributed by atoms with Gasteiger partial charge in [-0.25, -0.2) is 0 Å². The first kappa shape index (κ1) is 11.4. The van der Waals surface area contributed by atoms with Crippen molar-refractivity contribution in [3.05, 3.63) is 53.6 Å². The van der Waals surface area contributed by atoms with Gasteiger partial charge in [-0.1, -0.05) is 30.3 Å². The summed E-state index contributed by atoms with van der Waals surface area (Å²) >= 11 is 0. The van der Waals surface area contributed by atoms with E-state index in [1.165, 1.54) is 0 Å². The summed E-state index contributed by atoms with van der Waals surface area (Å²) in [6.45, 7) is 1.96. The van der Waals surface area contributed by atoms with E-state index in [-0.39, 0.29) is 0 Å². The molecule has 0 spiro atoms. The van der Waals surface area contributed by atoms with Crippen LogP contribution in [0.1, 0.15) is 15.9 Å². The molecule has 86 valence electrons. The van der Waals surface area contributed by atoms with Crippen LogP contribution >= 0.6 is 0 Å². The van der Waals surface area contributed by atoms with Gasteiger partial charge in [-0.3, -0.25) is 4.79 Å². The Morgan fingerprint density at radius 1 is 1.12 bits per heavy atom. The Morgan fingerprint density at radius 3 is 2.59 bits per heavy atom. The van der Waals surface area contributed by atoms with E-state index in [4.69, 9.17) is 4.74 Å². The van der Waals surface area contributed by atoms with Crippen LogP contribution in [0.5, 0.6) is 5.75 Å². The van der Waals surface area contributed by atoms with Gasteiger partial charge in [-0.15, -0.1) is 0 Å². The minimum Gasteiger partial charge on any atom is -0.497 e. The number of methoxy groups -OCH3 is 1. The second-order valence-corrected chi connectivity index (χ2v) is 3.87. The Bertz CT molecular complexity index is 544. The van der Waals surface area contributed by atoms with E-state index in [2.05, 4.69) is 0 Å². The number of aldehydes is 1. The first-order valence-electron chi connectivity index (χ1n) is 5.45. The van der Waals surface area contributed by atoms with Crippen LogP contribution in [-0.2, 0) is 0 Å². The van der Waals surface area contributed by atoms with E-state index in [0.29, 0.717) is 0 Å². The monoisotopic (exact) mass is 226 g/mol. The average molecular weight is 226 g/mol. The summed E-state index contributed by atoms with van der Waals surface area (Å²) in [7, 11) is 1.65. The van der Waals surface area contributed by atoms with Crippen LogP contribution in [0.2, 0.25) is 0 Å². The van der Waals surface area contributed by atoms with Gasteiger partial charge in [0.2, 0.25) is 0 Å². The third kappa shape index (κ3) is 2.21. The molecule has 0 aliphatic rings. The molecular formula is C15H14O2. The number of rotatable bonds is 3. The van der Waals surface area contributed by atoms with E-state index >= 15 is 0 Å². The van der Waals surface area contributed by atoms with E-state index < -0.39 is 0 Å². The first-order valence-corrected chi connectivity index (χ1v) is 5.45. The zero-order valence-electron chi connectivity index (χ0n) is 9.94. The maximum atomic E-state index is 10.9. The van der Waals surface area contributed by atoms with Crippen LogP contribution in [0.25, 0.3) is 11.1 Å². The fourth-order valence-electron chi connectivity index (χ4n) is 1.88. The van der Waals surface area contributed by atoms with Gasteiger partial charge < -0.3 is 4.74 Å². The van der Waals surface area contributed by atoms with Crippen LogP contribution < -0.4 is 4.74 Å². The Balaban J connectivity index is 2.56. The number of carbonyl (C=O) groups is 1. The molecule has 0 aliphatic heterocycles. The first-order chi connectivity index (χ1) is 8.26. The highest BCUT2D eigenvalue weighted by molar-refractivity contribution is 5.82. The number of carbonyl (C=O) groups excluding carboxylic acids is 1. The van der Waals surface area contributed by atoms with E-state index in [1.807, 2.05) is 49.4 Å². The van der Waals surface area contributed by atoms with Gasteiger partial charge in [0.1, 0.15) is 12.0 Å². The Kier molecular flexibility index (Phi) is 3.24. The van der Waals surface area contributed by atoms with Crippen molar-refractivity contribution in [3.63, 3.8) is 0 Å². The van der Waals surface area contributed by atoms with Crippen molar-refractivity contribution < 1.29 is 9.53 Å². The van der Waals surface area contributed by atoms with Gasteiger partial charge in [0, 0.05) is 5.56 Å². The predicted octanol–water partition coefficient (Wildman–Crippen LogP) is 3.48. The highest BCUT2D eigenvalue weighted by atomic mass is 16.5. The molecule has 0 fully saturated rings. The quantitative estimate of drug-likeness (QED) is 0.749. The molecule has 2 aromatic rings. The van der Waals surface area contributed by atoms with Crippen molar-refractivity contribution in [1.29, 1.82) is 0 Å². The number of hydrogen-bond donors (Lipinski definition) is 0. The molecule has 2 aromatic carbocycles. The number of ether oxygens (including phenoxy) is 1. The maximum absolute atomic E-state index is 10.9. The molecule has 0 N–H and O–H groups in total. The summed E-state index contributed by atoms with van der Waals surface area (Å²) in [5.41, 5.74) is 3.85. The molecule has 0 saturated heterocycles. The number of benzene rings is 2. The van der Waals surface area contributed by atoms with Gasteiger partial charge in [-0.05, 0) is 35.7 Å². The highest BCUT2D eigenvalue weighted by Gasteiger charge is 2.06. The zero-order valence-corrected chi connectivity index (χ0v) is 9.94. The minimum atomic E-state index is 0.727. The molecule has 2 nitrogen and oxygen atoms in total.